The molecule has 100 valence electrons. The molecule has 1 heterocycles. The average Bonchev–Trinajstić information content (AvgIpc) is 2.34. The van der Waals surface area contributed by atoms with Gasteiger partial charge in [-0.05, 0) is 37.5 Å². The molecular weight excluding hydrogens is 212 g/mol. The van der Waals surface area contributed by atoms with Crippen LogP contribution in [0.15, 0.2) is 0 Å². The van der Waals surface area contributed by atoms with Crippen molar-refractivity contribution in [3.05, 3.63) is 0 Å². The second-order valence-electron chi connectivity index (χ2n) is 5.75. The first-order chi connectivity index (χ1) is 8.42. The van der Waals surface area contributed by atoms with Crippen LogP contribution >= 0.6 is 0 Å². The van der Waals surface area contributed by atoms with Crippen LogP contribution in [0.4, 0.5) is 0 Å². The zero-order valence-electron chi connectivity index (χ0n) is 11.0. The molecule has 1 aliphatic carbocycles. The third-order valence-electron chi connectivity index (χ3n) is 4.62. The molecule has 0 amide bonds. The van der Waals surface area contributed by atoms with Crippen molar-refractivity contribution in [2.45, 2.75) is 63.8 Å². The Morgan fingerprint density at radius 3 is 1.94 bits per heavy atom. The minimum atomic E-state index is 0.525. The van der Waals surface area contributed by atoms with E-state index in [1.807, 2.05) is 0 Å². The highest BCUT2D eigenvalue weighted by molar-refractivity contribution is 4.84. The molecule has 0 aromatic rings. The fourth-order valence-corrected chi connectivity index (χ4v) is 3.58. The zero-order valence-corrected chi connectivity index (χ0v) is 11.0. The van der Waals surface area contributed by atoms with Crippen LogP contribution in [0.1, 0.15) is 57.8 Å². The van der Waals surface area contributed by atoms with Gasteiger partial charge in [0.15, 0.2) is 0 Å². The molecule has 3 heteroatoms. The number of rotatable bonds is 3. The summed E-state index contributed by atoms with van der Waals surface area (Å²) in [4.78, 5) is 0. The van der Waals surface area contributed by atoms with Crippen molar-refractivity contribution in [2.75, 3.05) is 13.2 Å². The quantitative estimate of drug-likeness (QED) is 0.589. The van der Waals surface area contributed by atoms with Gasteiger partial charge in [-0.15, -0.1) is 0 Å². The van der Waals surface area contributed by atoms with Gasteiger partial charge in [0.2, 0.25) is 0 Å². The number of nitrogens with one attached hydrogen (secondary N) is 1. The van der Waals surface area contributed by atoms with Crippen LogP contribution < -0.4 is 11.3 Å². The van der Waals surface area contributed by atoms with Gasteiger partial charge in [-0.1, -0.05) is 32.1 Å². The molecule has 3 nitrogen and oxygen atoms in total. The van der Waals surface area contributed by atoms with E-state index in [-0.39, 0.29) is 0 Å². The van der Waals surface area contributed by atoms with Gasteiger partial charge in [0.25, 0.3) is 0 Å². The third kappa shape index (κ3) is 3.94. The molecule has 2 fully saturated rings. The van der Waals surface area contributed by atoms with E-state index in [0.29, 0.717) is 6.04 Å². The fourth-order valence-electron chi connectivity index (χ4n) is 3.58. The van der Waals surface area contributed by atoms with Gasteiger partial charge in [-0.2, -0.15) is 0 Å². The van der Waals surface area contributed by atoms with E-state index in [9.17, 15) is 0 Å². The highest BCUT2D eigenvalue weighted by Crippen LogP contribution is 2.31. The van der Waals surface area contributed by atoms with Crippen molar-refractivity contribution < 1.29 is 4.74 Å². The fraction of sp³-hybridized carbons (Fsp3) is 1.00. The number of ether oxygens (including phenoxy) is 1. The minimum absolute atomic E-state index is 0.525. The Kier molecular flexibility index (Phi) is 5.75. The first kappa shape index (κ1) is 13.3. The lowest BCUT2D eigenvalue weighted by Gasteiger charge is -2.36. The highest BCUT2D eigenvalue weighted by atomic mass is 16.5. The Bertz CT molecular complexity index is 196. The summed E-state index contributed by atoms with van der Waals surface area (Å²) in [5.41, 5.74) is 3.13. The van der Waals surface area contributed by atoms with Crippen LogP contribution in [0, 0.1) is 11.8 Å². The topological polar surface area (TPSA) is 47.3 Å². The van der Waals surface area contributed by atoms with Crippen molar-refractivity contribution >= 4 is 0 Å². The summed E-state index contributed by atoms with van der Waals surface area (Å²) < 4.78 is 5.46. The lowest BCUT2D eigenvalue weighted by Crippen LogP contribution is -2.47. The van der Waals surface area contributed by atoms with E-state index in [1.54, 1.807) is 0 Å². The number of hydrogen-bond donors (Lipinski definition) is 2. The normalized spacial score (nSPS) is 27.4. The summed E-state index contributed by atoms with van der Waals surface area (Å²) in [7, 11) is 0. The first-order valence-electron chi connectivity index (χ1n) is 7.45. The Balaban J connectivity index is 1.89. The van der Waals surface area contributed by atoms with Gasteiger partial charge >= 0.3 is 0 Å². The zero-order chi connectivity index (χ0) is 11.9. The largest absolute Gasteiger partial charge is 0.381 e. The predicted octanol–water partition coefficient (Wildman–Crippen LogP) is 2.61. The van der Waals surface area contributed by atoms with Crippen molar-refractivity contribution in [3.63, 3.8) is 0 Å². The molecule has 3 N–H and O–H groups in total. The lowest BCUT2D eigenvalue weighted by atomic mass is 9.78. The van der Waals surface area contributed by atoms with Crippen LogP contribution in [0.25, 0.3) is 0 Å². The van der Waals surface area contributed by atoms with Crippen molar-refractivity contribution in [3.8, 4) is 0 Å². The molecular formula is C14H28N2O. The smallest absolute Gasteiger partial charge is 0.0469 e. The van der Waals surface area contributed by atoms with Gasteiger partial charge in [0, 0.05) is 19.3 Å². The Hall–Kier alpha value is -0.120. The maximum atomic E-state index is 5.83. The Labute approximate surface area is 105 Å². The van der Waals surface area contributed by atoms with E-state index >= 15 is 0 Å². The van der Waals surface area contributed by atoms with Crippen molar-refractivity contribution in [1.82, 2.24) is 5.43 Å². The summed E-state index contributed by atoms with van der Waals surface area (Å²) in [6.45, 7) is 1.85. The molecule has 0 spiro atoms. The standard InChI is InChI=1S/C14H28N2O/c15-16-14(13-8-10-17-11-9-13)12-6-4-2-1-3-5-7-12/h12-14,16H,1-11,15H2. The lowest BCUT2D eigenvalue weighted by molar-refractivity contribution is 0.0416. The van der Waals surface area contributed by atoms with Crippen molar-refractivity contribution in [2.24, 2.45) is 17.7 Å². The van der Waals surface area contributed by atoms with Gasteiger partial charge in [-0.3, -0.25) is 11.3 Å². The number of hydrazine groups is 1. The summed E-state index contributed by atoms with van der Waals surface area (Å²) in [5.74, 6) is 7.36. The van der Waals surface area contributed by atoms with E-state index in [0.717, 1.165) is 25.0 Å². The van der Waals surface area contributed by atoms with Gasteiger partial charge < -0.3 is 4.74 Å². The maximum Gasteiger partial charge on any atom is 0.0469 e. The third-order valence-corrected chi connectivity index (χ3v) is 4.62. The predicted molar refractivity (Wildman–Crippen MR) is 70.5 cm³/mol. The Morgan fingerprint density at radius 1 is 0.824 bits per heavy atom. The van der Waals surface area contributed by atoms with E-state index in [1.165, 1.54) is 57.8 Å². The summed E-state index contributed by atoms with van der Waals surface area (Å²) in [6, 6.07) is 0.525. The number of nitrogens with two attached hydrogens (primary N) is 1. The molecule has 17 heavy (non-hydrogen) atoms. The second-order valence-corrected chi connectivity index (χ2v) is 5.75. The van der Waals surface area contributed by atoms with Crippen LogP contribution in [0.3, 0.4) is 0 Å². The monoisotopic (exact) mass is 240 g/mol. The van der Waals surface area contributed by atoms with Crippen LogP contribution in [0.2, 0.25) is 0 Å². The molecule has 1 saturated carbocycles. The molecule has 0 aromatic heterocycles. The number of hydrogen-bond acceptors (Lipinski definition) is 3. The molecule has 0 bridgehead atoms. The maximum absolute atomic E-state index is 5.83. The van der Waals surface area contributed by atoms with E-state index in [2.05, 4.69) is 5.43 Å². The molecule has 2 rings (SSSR count). The van der Waals surface area contributed by atoms with E-state index < -0.39 is 0 Å². The Morgan fingerprint density at radius 2 is 1.35 bits per heavy atom. The summed E-state index contributed by atoms with van der Waals surface area (Å²) in [6.07, 6.45) is 12.2. The first-order valence-corrected chi connectivity index (χ1v) is 7.45. The summed E-state index contributed by atoms with van der Waals surface area (Å²) >= 11 is 0. The van der Waals surface area contributed by atoms with Crippen LogP contribution in [-0.2, 0) is 4.74 Å². The van der Waals surface area contributed by atoms with Crippen LogP contribution in [0.5, 0.6) is 0 Å². The van der Waals surface area contributed by atoms with Gasteiger partial charge in [0.1, 0.15) is 0 Å². The molecule has 1 unspecified atom stereocenters. The second kappa shape index (κ2) is 7.34. The van der Waals surface area contributed by atoms with Gasteiger partial charge in [0.05, 0.1) is 0 Å². The highest BCUT2D eigenvalue weighted by Gasteiger charge is 2.29. The van der Waals surface area contributed by atoms with Crippen LogP contribution in [-0.4, -0.2) is 19.3 Å². The van der Waals surface area contributed by atoms with Crippen molar-refractivity contribution in [1.29, 1.82) is 0 Å². The molecule has 0 radical (unpaired) electrons. The molecule has 1 saturated heterocycles. The molecule has 0 aromatic carbocycles. The van der Waals surface area contributed by atoms with E-state index in [4.69, 9.17) is 10.6 Å². The summed E-state index contributed by atoms with van der Waals surface area (Å²) in [5, 5.41) is 0. The molecule has 1 aliphatic heterocycles. The average molecular weight is 240 g/mol. The SMILES string of the molecule is NNC(C1CCCCCCC1)C1CCOCC1. The minimum Gasteiger partial charge on any atom is -0.381 e. The molecule has 2 aliphatic rings. The van der Waals surface area contributed by atoms with Gasteiger partial charge in [-0.25, -0.2) is 0 Å². The molecule has 1 atom stereocenters.